The minimum absolute atomic E-state index is 0.148. The largest absolute Gasteiger partial charge is 0.405 e. The molecule has 0 aliphatic rings. The molecular weight excluding hydrogens is 346 g/mol. The molecule has 1 atom stereocenters. The van der Waals surface area contributed by atoms with E-state index in [1.54, 1.807) is 5.32 Å². The molecule has 1 unspecified atom stereocenters. The highest BCUT2D eigenvalue weighted by molar-refractivity contribution is 9.10. The number of carbonyl (C=O) groups excluding carboxylic acids is 1. The number of hydrogen-bond donors (Lipinski definition) is 1. The topological polar surface area (TPSA) is 38.3 Å². The van der Waals surface area contributed by atoms with Crippen molar-refractivity contribution in [1.29, 1.82) is 0 Å². The fourth-order valence-corrected chi connectivity index (χ4v) is 1.78. The molecule has 0 spiro atoms. The minimum Gasteiger partial charge on any atom is -0.384 e. The van der Waals surface area contributed by atoms with Gasteiger partial charge in [-0.25, -0.2) is 4.39 Å². The molecule has 112 valence electrons. The standard InChI is InChI=1S/C12H12BrF4NO2/c1-20-5-8(11(19)18-6-12(15,16)17)7-2-3-9(13)10(14)4-7/h2-4,8H,5-6H2,1H3,(H,18,19). The molecule has 1 aromatic rings. The number of amides is 1. The minimum atomic E-state index is -4.50. The van der Waals surface area contributed by atoms with Gasteiger partial charge in [0.15, 0.2) is 0 Å². The molecule has 8 heteroatoms. The third-order valence-corrected chi connectivity index (χ3v) is 3.10. The summed E-state index contributed by atoms with van der Waals surface area (Å²) in [6, 6.07) is 3.91. The van der Waals surface area contributed by atoms with Crippen LogP contribution < -0.4 is 5.32 Å². The number of methoxy groups -OCH3 is 1. The van der Waals surface area contributed by atoms with E-state index in [1.807, 2.05) is 0 Å². The lowest BCUT2D eigenvalue weighted by Gasteiger charge is -2.17. The maximum Gasteiger partial charge on any atom is 0.405 e. The van der Waals surface area contributed by atoms with Gasteiger partial charge in [-0.05, 0) is 33.6 Å². The van der Waals surface area contributed by atoms with Gasteiger partial charge in [0.25, 0.3) is 0 Å². The number of nitrogens with one attached hydrogen (secondary N) is 1. The summed E-state index contributed by atoms with van der Waals surface area (Å²) in [7, 11) is 1.30. The molecule has 0 aliphatic carbocycles. The number of rotatable bonds is 5. The van der Waals surface area contributed by atoms with Crippen LogP contribution in [0, 0.1) is 5.82 Å². The van der Waals surface area contributed by atoms with Crippen molar-refractivity contribution in [2.45, 2.75) is 12.1 Å². The Hall–Kier alpha value is -1.15. The van der Waals surface area contributed by atoms with Gasteiger partial charge in [0.2, 0.25) is 5.91 Å². The SMILES string of the molecule is COCC(C(=O)NCC(F)(F)F)c1ccc(Br)c(F)c1. The maximum absolute atomic E-state index is 13.4. The highest BCUT2D eigenvalue weighted by Crippen LogP contribution is 2.23. The molecule has 0 saturated carbocycles. The van der Waals surface area contributed by atoms with E-state index in [1.165, 1.54) is 19.2 Å². The molecule has 1 amide bonds. The Balaban J connectivity index is 2.87. The molecule has 20 heavy (non-hydrogen) atoms. The Morgan fingerprint density at radius 3 is 2.60 bits per heavy atom. The average molecular weight is 358 g/mol. The Bertz CT molecular complexity index is 479. The lowest BCUT2D eigenvalue weighted by atomic mass is 9.99. The van der Waals surface area contributed by atoms with Gasteiger partial charge in [0.05, 0.1) is 17.0 Å². The first kappa shape index (κ1) is 16.9. The zero-order valence-electron chi connectivity index (χ0n) is 10.4. The number of halogens is 5. The number of benzene rings is 1. The third kappa shape index (κ3) is 5.09. The Morgan fingerprint density at radius 1 is 1.45 bits per heavy atom. The van der Waals surface area contributed by atoms with Gasteiger partial charge in [0.1, 0.15) is 12.4 Å². The van der Waals surface area contributed by atoms with Crippen LogP contribution in [0.1, 0.15) is 11.5 Å². The van der Waals surface area contributed by atoms with Gasteiger partial charge in [-0.1, -0.05) is 6.07 Å². The monoisotopic (exact) mass is 357 g/mol. The van der Waals surface area contributed by atoms with Gasteiger partial charge >= 0.3 is 6.18 Å². The van der Waals surface area contributed by atoms with Gasteiger partial charge in [0, 0.05) is 7.11 Å². The second-order valence-electron chi connectivity index (χ2n) is 4.01. The lowest BCUT2D eigenvalue weighted by molar-refractivity contribution is -0.140. The molecule has 0 heterocycles. The maximum atomic E-state index is 13.4. The van der Waals surface area contributed by atoms with E-state index < -0.39 is 30.4 Å². The lowest BCUT2D eigenvalue weighted by Crippen LogP contribution is -2.38. The van der Waals surface area contributed by atoms with Crippen LogP contribution >= 0.6 is 15.9 Å². The molecule has 1 aromatic carbocycles. The summed E-state index contributed by atoms with van der Waals surface area (Å²) in [4.78, 5) is 11.8. The van der Waals surface area contributed by atoms with Crippen LogP contribution in [0.15, 0.2) is 22.7 Å². The molecule has 0 radical (unpaired) electrons. The van der Waals surface area contributed by atoms with Crippen molar-refractivity contribution in [1.82, 2.24) is 5.32 Å². The number of alkyl halides is 3. The normalized spacial score (nSPS) is 13.1. The Morgan fingerprint density at radius 2 is 2.10 bits per heavy atom. The molecule has 0 bridgehead atoms. The summed E-state index contributed by atoms with van der Waals surface area (Å²) in [5.74, 6) is -2.48. The van der Waals surface area contributed by atoms with Crippen molar-refractivity contribution in [2.24, 2.45) is 0 Å². The molecule has 0 aliphatic heterocycles. The zero-order chi connectivity index (χ0) is 15.3. The van der Waals surface area contributed by atoms with E-state index in [9.17, 15) is 22.4 Å². The summed E-state index contributed by atoms with van der Waals surface area (Å²) in [5, 5.41) is 1.76. The summed E-state index contributed by atoms with van der Waals surface area (Å²) in [5.41, 5.74) is 0.243. The fraction of sp³-hybridized carbons (Fsp3) is 0.417. The third-order valence-electron chi connectivity index (χ3n) is 2.46. The number of carbonyl (C=O) groups is 1. The van der Waals surface area contributed by atoms with Crippen LogP contribution in [-0.4, -0.2) is 32.3 Å². The second-order valence-corrected chi connectivity index (χ2v) is 4.87. The molecule has 1 N–H and O–H groups in total. The van der Waals surface area contributed by atoms with E-state index in [0.29, 0.717) is 0 Å². The van der Waals surface area contributed by atoms with E-state index >= 15 is 0 Å². The number of ether oxygens (including phenoxy) is 1. The van der Waals surface area contributed by atoms with Crippen LogP contribution in [-0.2, 0) is 9.53 Å². The molecule has 0 saturated heterocycles. The molecule has 3 nitrogen and oxygen atoms in total. The van der Waals surface area contributed by atoms with Crippen molar-refractivity contribution < 1.29 is 27.1 Å². The van der Waals surface area contributed by atoms with E-state index in [-0.39, 0.29) is 16.6 Å². The fourth-order valence-electron chi connectivity index (χ4n) is 1.53. The smallest absolute Gasteiger partial charge is 0.384 e. The molecule has 1 rings (SSSR count). The van der Waals surface area contributed by atoms with Gasteiger partial charge < -0.3 is 10.1 Å². The Kier molecular flexibility index (Phi) is 5.94. The van der Waals surface area contributed by atoms with E-state index in [2.05, 4.69) is 15.9 Å². The van der Waals surface area contributed by atoms with Crippen molar-refractivity contribution >= 4 is 21.8 Å². The van der Waals surface area contributed by atoms with Gasteiger partial charge in [-0.2, -0.15) is 13.2 Å². The first-order valence-corrected chi connectivity index (χ1v) is 6.32. The Labute approximate surface area is 121 Å². The van der Waals surface area contributed by atoms with Gasteiger partial charge in [-0.15, -0.1) is 0 Å². The summed E-state index contributed by atoms with van der Waals surface area (Å²) < 4.78 is 54.6. The van der Waals surface area contributed by atoms with Crippen LogP contribution in [0.3, 0.4) is 0 Å². The van der Waals surface area contributed by atoms with Crippen LogP contribution in [0.2, 0.25) is 0 Å². The first-order chi connectivity index (χ1) is 9.24. The molecule has 0 fully saturated rings. The van der Waals surface area contributed by atoms with Gasteiger partial charge in [-0.3, -0.25) is 4.79 Å². The summed E-state index contributed by atoms with van der Waals surface area (Å²) >= 11 is 2.96. The van der Waals surface area contributed by atoms with Crippen LogP contribution in [0.5, 0.6) is 0 Å². The molecular formula is C12H12BrF4NO2. The zero-order valence-corrected chi connectivity index (χ0v) is 12.0. The second kappa shape index (κ2) is 7.03. The number of hydrogen-bond acceptors (Lipinski definition) is 2. The van der Waals surface area contributed by atoms with E-state index in [0.717, 1.165) is 6.07 Å². The van der Waals surface area contributed by atoms with Crippen molar-refractivity contribution in [3.8, 4) is 0 Å². The van der Waals surface area contributed by atoms with Crippen LogP contribution in [0.25, 0.3) is 0 Å². The first-order valence-electron chi connectivity index (χ1n) is 5.53. The average Bonchev–Trinajstić information content (AvgIpc) is 2.36. The van der Waals surface area contributed by atoms with Crippen LogP contribution in [0.4, 0.5) is 17.6 Å². The highest BCUT2D eigenvalue weighted by atomic mass is 79.9. The predicted octanol–water partition coefficient (Wildman–Crippen LogP) is 3.00. The summed E-state index contributed by atoms with van der Waals surface area (Å²) in [6.07, 6.45) is -4.50. The van der Waals surface area contributed by atoms with Crippen molar-refractivity contribution in [3.05, 3.63) is 34.1 Å². The highest BCUT2D eigenvalue weighted by Gasteiger charge is 2.30. The predicted molar refractivity (Wildman–Crippen MR) is 67.8 cm³/mol. The van der Waals surface area contributed by atoms with Crippen molar-refractivity contribution in [2.75, 3.05) is 20.3 Å². The van der Waals surface area contributed by atoms with Crippen molar-refractivity contribution in [3.63, 3.8) is 0 Å². The van der Waals surface area contributed by atoms with E-state index in [4.69, 9.17) is 4.74 Å². The quantitative estimate of drug-likeness (QED) is 0.822. The molecule has 0 aromatic heterocycles. The summed E-state index contributed by atoms with van der Waals surface area (Å²) in [6.45, 7) is -1.59.